The second-order valence-electron chi connectivity index (χ2n) is 5.75. The van der Waals surface area contributed by atoms with Crippen LogP contribution in [0, 0.1) is 0 Å². The maximum atomic E-state index is 11.0. The summed E-state index contributed by atoms with van der Waals surface area (Å²) in [7, 11) is 2.90. The van der Waals surface area contributed by atoms with E-state index >= 15 is 0 Å². The van der Waals surface area contributed by atoms with Gasteiger partial charge in [-0.15, -0.1) is 0 Å². The van der Waals surface area contributed by atoms with E-state index in [0.29, 0.717) is 49.1 Å². The fourth-order valence-electron chi connectivity index (χ4n) is 2.41. The maximum Gasteiger partial charge on any atom is 0.335 e. The van der Waals surface area contributed by atoms with Crippen LogP contribution >= 0.6 is 0 Å². The standard InChI is InChI=1S/C20H22O8/c1-25-17-11-13(19(21)22)5-7-15(17)27-9-3-4-10-28-16-8-6-14(20(23)24)12-18(16)26-2/h5-8,11-12H,3-4,9-10H2,1-2H3,(H,21,22)(H,23,24). The van der Waals surface area contributed by atoms with E-state index in [2.05, 4.69) is 0 Å². The van der Waals surface area contributed by atoms with Crippen LogP contribution in [0.15, 0.2) is 36.4 Å². The van der Waals surface area contributed by atoms with E-state index < -0.39 is 11.9 Å². The smallest absolute Gasteiger partial charge is 0.335 e. The van der Waals surface area contributed by atoms with Crippen molar-refractivity contribution in [2.75, 3.05) is 27.4 Å². The van der Waals surface area contributed by atoms with Gasteiger partial charge in [-0.1, -0.05) is 0 Å². The highest BCUT2D eigenvalue weighted by Gasteiger charge is 2.11. The Morgan fingerprint density at radius 3 is 1.43 bits per heavy atom. The first-order valence-corrected chi connectivity index (χ1v) is 8.54. The molecular weight excluding hydrogens is 368 g/mol. The molecule has 0 heterocycles. The topological polar surface area (TPSA) is 112 Å². The van der Waals surface area contributed by atoms with Crippen molar-refractivity contribution < 1.29 is 38.7 Å². The molecule has 0 unspecified atom stereocenters. The number of unbranched alkanes of at least 4 members (excludes halogenated alkanes) is 1. The summed E-state index contributed by atoms with van der Waals surface area (Å²) in [5.41, 5.74) is 0.251. The molecule has 150 valence electrons. The fraction of sp³-hybridized carbons (Fsp3) is 0.300. The lowest BCUT2D eigenvalue weighted by molar-refractivity contribution is 0.0685. The Kier molecular flexibility index (Phi) is 7.50. The molecule has 0 aliphatic rings. The van der Waals surface area contributed by atoms with Crippen molar-refractivity contribution >= 4 is 11.9 Å². The molecule has 28 heavy (non-hydrogen) atoms. The molecule has 0 radical (unpaired) electrons. The summed E-state index contributed by atoms with van der Waals surface area (Å²) in [6, 6.07) is 8.86. The molecule has 0 saturated carbocycles. The minimum atomic E-state index is -1.03. The van der Waals surface area contributed by atoms with Crippen molar-refractivity contribution in [1.82, 2.24) is 0 Å². The number of methoxy groups -OCH3 is 2. The predicted octanol–water partition coefficient (Wildman–Crippen LogP) is 3.34. The van der Waals surface area contributed by atoms with Crippen LogP contribution in [-0.2, 0) is 0 Å². The highest BCUT2D eigenvalue weighted by atomic mass is 16.5. The lowest BCUT2D eigenvalue weighted by Gasteiger charge is -2.12. The maximum absolute atomic E-state index is 11.0. The van der Waals surface area contributed by atoms with Gasteiger partial charge in [-0.3, -0.25) is 0 Å². The SMILES string of the molecule is COc1cc(C(=O)O)ccc1OCCCCOc1ccc(C(=O)O)cc1OC. The average Bonchev–Trinajstić information content (AvgIpc) is 2.70. The first kappa shape index (κ1) is 20.9. The summed E-state index contributed by atoms with van der Waals surface area (Å²) in [5, 5.41) is 18.0. The Morgan fingerprint density at radius 2 is 1.11 bits per heavy atom. The summed E-state index contributed by atoms with van der Waals surface area (Å²) in [4.78, 5) is 22.0. The minimum absolute atomic E-state index is 0.125. The first-order valence-electron chi connectivity index (χ1n) is 8.54. The monoisotopic (exact) mass is 390 g/mol. The lowest BCUT2D eigenvalue weighted by Crippen LogP contribution is -2.05. The number of hydrogen-bond donors (Lipinski definition) is 2. The van der Waals surface area contributed by atoms with Crippen molar-refractivity contribution in [3.05, 3.63) is 47.5 Å². The molecule has 0 atom stereocenters. The third kappa shape index (κ3) is 5.54. The summed E-state index contributed by atoms with van der Waals surface area (Å²) in [6.07, 6.45) is 1.39. The Morgan fingerprint density at radius 1 is 0.714 bits per heavy atom. The summed E-state index contributed by atoms with van der Waals surface area (Å²) in [6.45, 7) is 0.808. The minimum Gasteiger partial charge on any atom is -0.493 e. The second-order valence-corrected chi connectivity index (χ2v) is 5.75. The Bertz CT molecular complexity index is 761. The van der Waals surface area contributed by atoms with E-state index in [9.17, 15) is 9.59 Å². The van der Waals surface area contributed by atoms with Gasteiger partial charge in [-0.05, 0) is 49.2 Å². The van der Waals surface area contributed by atoms with Crippen LogP contribution in [0.3, 0.4) is 0 Å². The number of ether oxygens (including phenoxy) is 4. The number of benzene rings is 2. The molecule has 0 aliphatic carbocycles. The van der Waals surface area contributed by atoms with Crippen LogP contribution in [0.25, 0.3) is 0 Å². The van der Waals surface area contributed by atoms with Gasteiger partial charge in [0, 0.05) is 0 Å². The van der Waals surface area contributed by atoms with Crippen LogP contribution < -0.4 is 18.9 Å². The third-order valence-corrected chi connectivity index (χ3v) is 3.87. The van der Waals surface area contributed by atoms with E-state index in [1.165, 1.54) is 38.5 Å². The molecule has 0 aromatic heterocycles. The van der Waals surface area contributed by atoms with Crippen molar-refractivity contribution in [3.8, 4) is 23.0 Å². The molecule has 2 rings (SSSR count). The predicted molar refractivity (Wildman–Crippen MR) is 100 cm³/mol. The van der Waals surface area contributed by atoms with E-state index in [-0.39, 0.29) is 11.1 Å². The van der Waals surface area contributed by atoms with E-state index in [4.69, 9.17) is 29.2 Å². The van der Waals surface area contributed by atoms with E-state index in [0.717, 1.165) is 0 Å². The zero-order valence-electron chi connectivity index (χ0n) is 15.6. The van der Waals surface area contributed by atoms with Gasteiger partial charge < -0.3 is 29.2 Å². The molecular formula is C20H22O8. The molecule has 0 spiro atoms. The summed E-state index contributed by atoms with van der Waals surface area (Å²) < 4.78 is 21.6. The van der Waals surface area contributed by atoms with Gasteiger partial charge in [-0.2, -0.15) is 0 Å². The second kappa shape index (κ2) is 10.1. The van der Waals surface area contributed by atoms with Gasteiger partial charge in [0.1, 0.15) is 0 Å². The van der Waals surface area contributed by atoms with Gasteiger partial charge in [0.05, 0.1) is 38.6 Å². The Hall–Kier alpha value is -3.42. The zero-order chi connectivity index (χ0) is 20.5. The van der Waals surface area contributed by atoms with Gasteiger partial charge >= 0.3 is 11.9 Å². The van der Waals surface area contributed by atoms with Crippen molar-refractivity contribution in [3.63, 3.8) is 0 Å². The first-order chi connectivity index (χ1) is 13.5. The number of aromatic carboxylic acids is 2. The van der Waals surface area contributed by atoms with Gasteiger partial charge in [0.2, 0.25) is 0 Å². The normalized spacial score (nSPS) is 10.2. The number of carboxylic acids is 2. The van der Waals surface area contributed by atoms with Crippen LogP contribution in [-0.4, -0.2) is 49.6 Å². The van der Waals surface area contributed by atoms with E-state index in [1.54, 1.807) is 12.1 Å². The largest absolute Gasteiger partial charge is 0.493 e. The highest BCUT2D eigenvalue weighted by Crippen LogP contribution is 2.29. The number of hydrogen-bond acceptors (Lipinski definition) is 6. The Balaban J connectivity index is 1.80. The van der Waals surface area contributed by atoms with Crippen LogP contribution in [0.5, 0.6) is 23.0 Å². The summed E-state index contributed by atoms with van der Waals surface area (Å²) in [5.74, 6) is -0.403. The molecule has 0 aliphatic heterocycles. The van der Waals surface area contributed by atoms with Crippen molar-refractivity contribution in [2.45, 2.75) is 12.8 Å². The summed E-state index contributed by atoms with van der Waals surface area (Å²) >= 11 is 0. The molecule has 2 aromatic carbocycles. The Labute approximate surface area is 162 Å². The molecule has 2 N–H and O–H groups in total. The number of rotatable bonds is 11. The molecule has 8 nitrogen and oxygen atoms in total. The van der Waals surface area contributed by atoms with Crippen molar-refractivity contribution in [1.29, 1.82) is 0 Å². The molecule has 2 aromatic rings. The van der Waals surface area contributed by atoms with Crippen LogP contribution in [0.1, 0.15) is 33.6 Å². The lowest BCUT2D eigenvalue weighted by atomic mass is 10.2. The number of carbonyl (C=O) groups is 2. The highest BCUT2D eigenvalue weighted by molar-refractivity contribution is 5.89. The molecule has 0 bridgehead atoms. The van der Waals surface area contributed by atoms with Crippen LogP contribution in [0.4, 0.5) is 0 Å². The molecule has 8 heteroatoms. The average molecular weight is 390 g/mol. The zero-order valence-corrected chi connectivity index (χ0v) is 15.6. The fourth-order valence-corrected chi connectivity index (χ4v) is 2.41. The van der Waals surface area contributed by atoms with Gasteiger partial charge in [-0.25, -0.2) is 9.59 Å². The van der Waals surface area contributed by atoms with Gasteiger partial charge in [0.25, 0.3) is 0 Å². The van der Waals surface area contributed by atoms with Gasteiger partial charge in [0.15, 0.2) is 23.0 Å². The number of carboxylic acid groups (broad SMARTS) is 2. The van der Waals surface area contributed by atoms with Crippen molar-refractivity contribution in [2.24, 2.45) is 0 Å². The molecule has 0 amide bonds. The van der Waals surface area contributed by atoms with Crippen LogP contribution in [0.2, 0.25) is 0 Å². The molecule has 0 fully saturated rings. The third-order valence-electron chi connectivity index (χ3n) is 3.87. The van der Waals surface area contributed by atoms with E-state index in [1.807, 2.05) is 0 Å². The molecule has 0 saturated heterocycles. The quantitative estimate of drug-likeness (QED) is 0.562.